The Hall–Kier alpha value is -3.83. The largest absolute Gasteiger partial charge is 0.493 e. The fraction of sp³-hybridized carbons (Fsp3) is 0.343. The van der Waals surface area contributed by atoms with Gasteiger partial charge in [0.05, 0.1) is 33.7 Å². The van der Waals surface area contributed by atoms with Gasteiger partial charge in [-0.15, -0.1) is 11.3 Å². The molecular weight excluding hydrogens is 661 g/mol. The normalized spacial score (nSPS) is 20.7. The molecule has 4 aliphatic rings. The van der Waals surface area contributed by atoms with Gasteiger partial charge in [-0.3, -0.25) is 4.79 Å². The quantitative estimate of drug-likeness (QED) is 0.194. The van der Waals surface area contributed by atoms with E-state index in [-0.39, 0.29) is 31.0 Å². The second-order valence-corrected chi connectivity index (χ2v) is 13.5. The van der Waals surface area contributed by atoms with Crippen molar-refractivity contribution in [3.05, 3.63) is 110 Å². The van der Waals surface area contributed by atoms with Crippen LogP contribution < -0.4 is 24.5 Å². The Morgan fingerprint density at radius 1 is 0.872 bits per heavy atom. The topological polar surface area (TPSA) is 90.2 Å². The summed E-state index contributed by atoms with van der Waals surface area (Å²) in [5.74, 6) is 0.337. The number of nitrogens with zero attached hydrogens (tertiary/aromatic N) is 2. The van der Waals surface area contributed by atoms with E-state index in [4.69, 9.17) is 42.1 Å². The lowest BCUT2D eigenvalue weighted by Crippen LogP contribution is -2.61. The van der Waals surface area contributed by atoms with Crippen molar-refractivity contribution < 1.29 is 33.2 Å². The Kier molecular flexibility index (Phi) is 10.5. The van der Waals surface area contributed by atoms with E-state index in [1.165, 1.54) is 11.3 Å². The van der Waals surface area contributed by atoms with Gasteiger partial charge in [0.15, 0.2) is 11.5 Å². The number of piperidine rings is 1. The zero-order valence-corrected chi connectivity index (χ0v) is 28.4. The summed E-state index contributed by atoms with van der Waals surface area (Å²) in [5.41, 5.74) is 2.34. The van der Waals surface area contributed by atoms with E-state index in [9.17, 15) is 9.59 Å². The molecule has 2 atom stereocenters. The number of nitrogens with one attached hydrogen (secondary N) is 1. The molecule has 4 aromatic rings. The van der Waals surface area contributed by atoms with Crippen molar-refractivity contribution >= 4 is 46.5 Å². The lowest BCUT2D eigenvalue weighted by Gasteiger charge is -2.29. The van der Waals surface area contributed by atoms with Gasteiger partial charge in [-0.05, 0) is 35.4 Å². The summed E-state index contributed by atoms with van der Waals surface area (Å²) in [6, 6.07) is 18.6. The summed E-state index contributed by atoms with van der Waals surface area (Å²) in [5, 5.41) is 6.50. The third-order valence-corrected chi connectivity index (χ3v) is 10.2. The number of hydrogen-bond acceptors (Lipinski definition) is 9. The summed E-state index contributed by atoms with van der Waals surface area (Å²) in [6.45, 7) is 1.76. The highest BCUT2D eigenvalue weighted by Crippen LogP contribution is 2.36. The van der Waals surface area contributed by atoms with Crippen LogP contribution in [-0.2, 0) is 27.2 Å². The highest BCUT2D eigenvalue weighted by molar-refractivity contribution is 7.13. The maximum atomic E-state index is 13.6. The molecule has 0 spiro atoms. The van der Waals surface area contributed by atoms with Gasteiger partial charge < -0.3 is 24.3 Å². The summed E-state index contributed by atoms with van der Waals surface area (Å²) in [7, 11) is 3.12. The van der Waals surface area contributed by atoms with E-state index in [1.54, 1.807) is 32.4 Å². The summed E-state index contributed by atoms with van der Waals surface area (Å²) < 4.78 is 25.0. The number of thiophene rings is 1. The minimum Gasteiger partial charge on any atom is -0.493 e. The molecule has 0 saturated carbocycles. The molecule has 1 N–H and O–H groups in total. The Morgan fingerprint density at radius 3 is 2.30 bits per heavy atom. The standard InChI is InChI=1S/C35H36Cl2N3O6S/c1-43-30-10-8-23(16-32(30)44-2)31-17-26-27(36)20-40(21-28(26)37)39-14-12-24(13-15-39)45-34(41)18-29(22-6-4-3-5-7-22)38-19-25-9-11-33(47-25)35(42)46-31/h3-11,16,20-21,24,29,31,38H,12-15,17-19H2,1-2H3/q+1/t29?,31-/m0/s1. The number of rotatable bonds is 4. The van der Waals surface area contributed by atoms with Gasteiger partial charge in [0, 0.05) is 42.3 Å². The van der Waals surface area contributed by atoms with Crippen molar-refractivity contribution in [2.24, 2.45) is 0 Å². The molecule has 4 aliphatic heterocycles. The first kappa shape index (κ1) is 33.1. The van der Waals surface area contributed by atoms with E-state index in [1.807, 2.05) is 59.5 Å². The number of pyridine rings is 1. The average Bonchev–Trinajstić information content (AvgIpc) is 3.57. The number of halogens is 2. The Balaban J connectivity index is 1.35. The van der Waals surface area contributed by atoms with E-state index >= 15 is 0 Å². The maximum absolute atomic E-state index is 13.6. The van der Waals surface area contributed by atoms with Crippen LogP contribution in [0.1, 0.15) is 62.6 Å². The molecule has 6 bridgehead atoms. The van der Waals surface area contributed by atoms with Crippen LogP contribution in [0.25, 0.3) is 0 Å². The molecule has 47 heavy (non-hydrogen) atoms. The van der Waals surface area contributed by atoms with Crippen molar-refractivity contribution in [1.29, 1.82) is 0 Å². The molecule has 2 aromatic carbocycles. The Morgan fingerprint density at radius 2 is 1.60 bits per heavy atom. The van der Waals surface area contributed by atoms with Crippen LogP contribution in [0.2, 0.25) is 10.0 Å². The Labute approximate surface area is 287 Å². The molecule has 9 nitrogen and oxygen atoms in total. The number of esters is 2. The molecule has 0 amide bonds. The van der Waals surface area contributed by atoms with E-state index in [2.05, 4.69) is 10.3 Å². The van der Waals surface area contributed by atoms with Gasteiger partial charge in [0.25, 0.3) is 0 Å². The molecule has 1 unspecified atom stereocenters. The number of carbonyl (C=O) groups is 2. The molecule has 246 valence electrons. The first-order valence-corrected chi connectivity index (χ1v) is 17.0. The van der Waals surface area contributed by atoms with Crippen LogP contribution in [0, 0.1) is 0 Å². The van der Waals surface area contributed by atoms with Crippen LogP contribution >= 0.6 is 34.5 Å². The average molecular weight is 698 g/mol. The molecule has 0 radical (unpaired) electrons. The van der Waals surface area contributed by atoms with E-state index in [0.29, 0.717) is 70.0 Å². The van der Waals surface area contributed by atoms with Crippen molar-refractivity contribution in [2.45, 2.75) is 50.5 Å². The van der Waals surface area contributed by atoms with Crippen molar-refractivity contribution in [1.82, 2.24) is 5.32 Å². The maximum Gasteiger partial charge on any atom is 0.348 e. The lowest BCUT2D eigenvalue weighted by atomic mass is 10.0. The molecule has 1 saturated heterocycles. The highest BCUT2D eigenvalue weighted by atomic mass is 35.5. The lowest BCUT2D eigenvalue weighted by molar-refractivity contribution is -0.694. The first-order chi connectivity index (χ1) is 22.8. The van der Waals surface area contributed by atoms with Crippen LogP contribution in [0.3, 0.4) is 0 Å². The molecule has 1 fully saturated rings. The summed E-state index contributed by atoms with van der Waals surface area (Å²) in [6.07, 6.45) is 4.48. The minimum absolute atomic E-state index is 0.179. The van der Waals surface area contributed by atoms with Crippen LogP contribution in [0.15, 0.2) is 73.1 Å². The minimum atomic E-state index is -0.729. The molecule has 12 heteroatoms. The SMILES string of the molecule is COc1ccc([C@@H]2Cc3c(Cl)c[n+](cc3Cl)N3CCC(CC3)OC(=O)CC(c3ccccc3)NCc3ccc(s3)C(=O)O2)cc1OC. The molecule has 2 aromatic heterocycles. The fourth-order valence-electron chi connectivity index (χ4n) is 5.94. The predicted molar refractivity (Wildman–Crippen MR) is 180 cm³/mol. The third kappa shape index (κ3) is 7.84. The monoisotopic (exact) mass is 696 g/mol. The van der Waals surface area contributed by atoms with Gasteiger partial charge in [-0.2, -0.15) is 5.01 Å². The van der Waals surface area contributed by atoms with Crippen molar-refractivity contribution in [2.75, 3.05) is 32.3 Å². The zero-order valence-electron chi connectivity index (χ0n) is 26.1. The van der Waals surface area contributed by atoms with Crippen LogP contribution in [0.5, 0.6) is 11.5 Å². The number of aromatic nitrogens is 1. The Bertz CT molecular complexity index is 1700. The number of benzene rings is 2. The van der Waals surface area contributed by atoms with Gasteiger partial charge in [-0.25, -0.2) is 4.79 Å². The van der Waals surface area contributed by atoms with Crippen molar-refractivity contribution in [3.63, 3.8) is 0 Å². The summed E-state index contributed by atoms with van der Waals surface area (Å²) >= 11 is 15.1. The first-order valence-electron chi connectivity index (χ1n) is 15.4. The number of ether oxygens (including phenoxy) is 4. The second kappa shape index (κ2) is 14.9. The van der Waals surface area contributed by atoms with Gasteiger partial charge >= 0.3 is 11.9 Å². The van der Waals surface area contributed by atoms with Gasteiger partial charge in [-0.1, -0.05) is 64.3 Å². The van der Waals surface area contributed by atoms with Crippen LogP contribution in [-0.4, -0.2) is 45.4 Å². The van der Waals surface area contributed by atoms with E-state index < -0.39 is 12.1 Å². The molecule has 8 rings (SSSR count). The smallest absolute Gasteiger partial charge is 0.348 e. The van der Waals surface area contributed by atoms with Crippen LogP contribution in [0.4, 0.5) is 0 Å². The van der Waals surface area contributed by atoms with Gasteiger partial charge in [0.2, 0.25) is 12.4 Å². The number of fused-ring (bicyclic) bond motifs is 2. The molecule has 6 heterocycles. The molecular formula is C35H36Cl2N3O6S+. The number of carbonyl (C=O) groups excluding carboxylic acids is 2. The number of methoxy groups -OCH3 is 2. The predicted octanol–water partition coefficient (Wildman–Crippen LogP) is 6.38. The van der Waals surface area contributed by atoms with Crippen molar-refractivity contribution in [3.8, 4) is 11.5 Å². The third-order valence-electron chi connectivity index (χ3n) is 8.49. The highest BCUT2D eigenvalue weighted by Gasteiger charge is 2.30. The second-order valence-electron chi connectivity index (χ2n) is 11.5. The zero-order chi connectivity index (χ0) is 32.9. The van der Waals surface area contributed by atoms with Gasteiger partial charge in [0.1, 0.15) is 27.1 Å². The molecule has 0 aliphatic carbocycles. The fourth-order valence-corrected chi connectivity index (χ4v) is 7.39. The number of hydrogen-bond donors (Lipinski definition) is 1. The van der Waals surface area contributed by atoms with E-state index in [0.717, 1.165) is 10.4 Å². The summed E-state index contributed by atoms with van der Waals surface area (Å²) in [4.78, 5) is 28.2.